The van der Waals surface area contributed by atoms with Crippen molar-refractivity contribution in [3.8, 4) is 0 Å². The summed E-state index contributed by atoms with van der Waals surface area (Å²) in [4.78, 5) is 14.6. The van der Waals surface area contributed by atoms with Crippen LogP contribution in [0, 0.1) is 17.0 Å². The van der Waals surface area contributed by atoms with Gasteiger partial charge in [-0.05, 0) is 30.7 Å². The zero-order chi connectivity index (χ0) is 13.8. The number of nitrogens with one attached hydrogen (secondary N) is 1. The van der Waals surface area contributed by atoms with E-state index < -0.39 is 0 Å². The summed E-state index contributed by atoms with van der Waals surface area (Å²) in [6, 6.07) is 6.84. The third kappa shape index (κ3) is 3.51. The van der Waals surface area contributed by atoms with Crippen molar-refractivity contribution in [1.29, 1.82) is 0 Å². The number of hydrogen-bond acceptors (Lipinski definition) is 4. The summed E-state index contributed by atoms with van der Waals surface area (Å²) in [5.74, 6) is 0. The van der Waals surface area contributed by atoms with Crippen molar-refractivity contribution in [2.75, 3.05) is 5.32 Å². The maximum atomic E-state index is 10.9. The van der Waals surface area contributed by atoms with E-state index in [0.717, 1.165) is 15.7 Å². The Labute approximate surface area is 119 Å². The summed E-state index contributed by atoms with van der Waals surface area (Å²) < 4.78 is 0.817. The van der Waals surface area contributed by atoms with Crippen molar-refractivity contribution in [2.24, 2.45) is 0 Å². The molecule has 1 aromatic carbocycles. The van der Waals surface area contributed by atoms with Crippen LogP contribution in [0.15, 0.2) is 41.1 Å². The Morgan fingerprint density at radius 3 is 2.84 bits per heavy atom. The minimum absolute atomic E-state index is 0.108. The number of nitro groups is 1. The van der Waals surface area contributed by atoms with Gasteiger partial charge < -0.3 is 5.32 Å². The predicted octanol–water partition coefficient (Wildman–Crippen LogP) is 3.67. The molecule has 2 aromatic rings. The molecule has 1 N–H and O–H groups in total. The van der Waals surface area contributed by atoms with Crippen LogP contribution >= 0.6 is 15.9 Å². The lowest BCUT2D eigenvalue weighted by Crippen LogP contribution is -2.03. The molecule has 0 aliphatic carbocycles. The van der Waals surface area contributed by atoms with Gasteiger partial charge in [0.2, 0.25) is 0 Å². The lowest BCUT2D eigenvalue weighted by Gasteiger charge is -2.07. The lowest BCUT2D eigenvalue weighted by atomic mass is 10.2. The number of aryl methyl sites for hydroxylation is 1. The molecule has 1 aromatic heterocycles. The summed E-state index contributed by atoms with van der Waals surface area (Å²) in [6.45, 7) is 2.32. The van der Waals surface area contributed by atoms with E-state index in [9.17, 15) is 10.1 Å². The normalized spacial score (nSPS) is 10.2. The second-order valence-electron chi connectivity index (χ2n) is 4.13. The second-order valence-corrected chi connectivity index (χ2v) is 5.05. The smallest absolute Gasteiger partial charge is 0.274 e. The highest BCUT2D eigenvalue weighted by Gasteiger charge is 2.13. The van der Waals surface area contributed by atoms with E-state index in [1.165, 1.54) is 6.07 Å². The number of nitrogens with zero attached hydrogens (tertiary/aromatic N) is 2. The summed E-state index contributed by atoms with van der Waals surface area (Å²) in [7, 11) is 0. The van der Waals surface area contributed by atoms with Gasteiger partial charge in [0.25, 0.3) is 5.69 Å². The molecule has 0 aliphatic rings. The highest BCUT2D eigenvalue weighted by atomic mass is 79.9. The van der Waals surface area contributed by atoms with Crippen molar-refractivity contribution in [3.05, 3.63) is 62.4 Å². The van der Waals surface area contributed by atoms with Crippen LogP contribution in [-0.2, 0) is 6.54 Å². The van der Waals surface area contributed by atoms with Crippen molar-refractivity contribution >= 4 is 27.3 Å². The van der Waals surface area contributed by atoms with Crippen LogP contribution in [0.5, 0.6) is 0 Å². The molecule has 19 heavy (non-hydrogen) atoms. The van der Waals surface area contributed by atoms with E-state index in [2.05, 4.69) is 26.2 Å². The molecule has 0 fully saturated rings. The Balaban J connectivity index is 2.19. The topological polar surface area (TPSA) is 68.1 Å². The van der Waals surface area contributed by atoms with Gasteiger partial charge in [-0.15, -0.1) is 0 Å². The number of rotatable bonds is 4. The van der Waals surface area contributed by atoms with Crippen LogP contribution in [-0.4, -0.2) is 9.91 Å². The third-order valence-electron chi connectivity index (χ3n) is 2.60. The van der Waals surface area contributed by atoms with Crippen LogP contribution in [0.2, 0.25) is 0 Å². The van der Waals surface area contributed by atoms with Gasteiger partial charge in [-0.25, -0.2) is 0 Å². The zero-order valence-corrected chi connectivity index (χ0v) is 11.8. The molecule has 0 amide bonds. The maximum absolute atomic E-state index is 10.9. The average molecular weight is 322 g/mol. The number of nitro benzene ring substituents is 1. The van der Waals surface area contributed by atoms with Crippen LogP contribution in [0.1, 0.15) is 11.1 Å². The Kier molecular flexibility index (Phi) is 4.11. The average Bonchev–Trinajstić information content (AvgIpc) is 2.36. The standard InChI is InChI=1S/C13H12BrN3O2/c1-9-4-12(8-15-6-9)16-7-10-5-11(14)2-3-13(10)17(18)19/h2-6,8,16H,7H2,1H3. The van der Waals surface area contributed by atoms with Crippen molar-refractivity contribution < 1.29 is 4.92 Å². The highest BCUT2D eigenvalue weighted by Crippen LogP contribution is 2.24. The van der Waals surface area contributed by atoms with Gasteiger partial charge in [-0.3, -0.25) is 15.1 Å². The molecule has 0 spiro atoms. The van der Waals surface area contributed by atoms with Crippen LogP contribution in [0.25, 0.3) is 0 Å². The van der Waals surface area contributed by atoms with Crippen molar-refractivity contribution in [2.45, 2.75) is 13.5 Å². The lowest BCUT2D eigenvalue weighted by molar-refractivity contribution is -0.385. The minimum atomic E-state index is -0.377. The molecule has 0 bridgehead atoms. The SMILES string of the molecule is Cc1cncc(NCc2cc(Br)ccc2[N+](=O)[O-])c1. The van der Waals surface area contributed by atoms with E-state index in [-0.39, 0.29) is 10.6 Å². The first-order chi connectivity index (χ1) is 9.06. The molecular weight excluding hydrogens is 310 g/mol. The van der Waals surface area contributed by atoms with Crippen LogP contribution in [0.3, 0.4) is 0 Å². The summed E-state index contributed by atoms with van der Waals surface area (Å²) in [6.07, 6.45) is 3.45. The molecular formula is C13H12BrN3O2. The fraction of sp³-hybridized carbons (Fsp3) is 0.154. The van der Waals surface area contributed by atoms with E-state index in [0.29, 0.717) is 12.1 Å². The van der Waals surface area contributed by atoms with E-state index in [1.54, 1.807) is 24.5 Å². The first kappa shape index (κ1) is 13.5. The Morgan fingerprint density at radius 1 is 1.37 bits per heavy atom. The summed E-state index contributed by atoms with van der Waals surface area (Å²) in [5.41, 5.74) is 2.61. The summed E-state index contributed by atoms with van der Waals surface area (Å²) in [5, 5.41) is 14.1. The largest absolute Gasteiger partial charge is 0.379 e. The first-order valence-electron chi connectivity index (χ1n) is 5.64. The molecule has 1 heterocycles. The van der Waals surface area contributed by atoms with Crippen molar-refractivity contribution in [3.63, 3.8) is 0 Å². The minimum Gasteiger partial charge on any atom is -0.379 e. The molecule has 0 saturated carbocycles. The Morgan fingerprint density at radius 2 is 2.16 bits per heavy atom. The molecule has 2 rings (SSSR count). The number of benzene rings is 1. The molecule has 0 saturated heterocycles. The van der Waals surface area contributed by atoms with Gasteiger partial charge in [0.05, 0.1) is 10.6 Å². The number of hydrogen-bond donors (Lipinski definition) is 1. The van der Waals surface area contributed by atoms with Gasteiger partial charge in [-0.2, -0.15) is 0 Å². The van der Waals surface area contributed by atoms with Gasteiger partial charge in [0.1, 0.15) is 0 Å². The van der Waals surface area contributed by atoms with Crippen molar-refractivity contribution in [1.82, 2.24) is 4.98 Å². The molecule has 98 valence electrons. The predicted molar refractivity (Wildman–Crippen MR) is 77.1 cm³/mol. The molecule has 0 aliphatic heterocycles. The quantitative estimate of drug-likeness (QED) is 0.689. The molecule has 6 heteroatoms. The zero-order valence-electron chi connectivity index (χ0n) is 10.3. The van der Waals surface area contributed by atoms with E-state index >= 15 is 0 Å². The fourth-order valence-corrected chi connectivity index (χ4v) is 2.13. The van der Waals surface area contributed by atoms with Gasteiger partial charge in [0.15, 0.2) is 0 Å². The molecule has 0 unspecified atom stereocenters. The molecule has 0 radical (unpaired) electrons. The summed E-state index contributed by atoms with van der Waals surface area (Å²) >= 11 is 3.32. The number of anilines is 1. The maximum Gasteiger partial charge on any atom is 0.274 e. The first-order valence-corrected chi connectivity index (χ1v) is 6.44. The second kappa shape index (κ2) is 5.79. The van der Waals surface area contributed by atoms with Crippen LogP contribution in [0.4, 0.5) is 11.4 Å². The van der Waals surface area contributed by atoms with Gasteiger partial charge in [-0.1, -0.05) is 15.9 Å². The van der Waals surface area contributed by atoms with Gasteiger partial charge >= 0.3 is 0 Å². The van der Waals surface area contributed by atoms with E-state index in [4.69, 9.17) is 0 Å². The Hall–Kier alpha value is -1.95. The third-order valence-corrected chi connectivity index (χ3v) is 3.09. The number of pyridine rings is 1. The number of aromatic nitrogens is 1. The molecule has 5 nitrogen and oxygen atoms in total. The van der Waals surface area contributed by atoms with Gasteiger partial charge in [0, 0.05) is 35.0 Å². The Bertz CT molecular complexity index is 617. The monoisotopic (exact) mass is 321 g/mol. The molecule has 0 atom stereocenters. The number of halogens is 1. The highest BCUT2D eigenvalue weighted by molar-refractivity contribution is 9.10. The fourth-order valence-electron chi connectivity index (χ4n) is 1.72. The van der Waals surface area contributed by atoms with E-state index in [1.807, 2.05) is 13.0 Å². The van der Waals surface area contributed by atoms with Crippen LogP contribution < -0.4 is 5.32 Å².